The van der Waals surface area contributed by atoms with Gasteiger partial charge in [-0.1, -0.05) is 0 Å². The second-order valence-corrected chi connectivity index (χ2v) is 3.66. The molecule has 1 unspecified atom stereocenters. The molecule has 0 bridgehead atoms. The Morgan fingerprint density at radius 1 is 1.77 bits per heavy atom. The molecule has 1 atom stereocenters. The summed E-state index contributed by atoms with van der Waals surface area (Å²) < 4.78 is 4.83. The summed E-state index contributed by atoms with van der Waals surface area (Å²) in [6.45, 7) is 0.205. The minimum absolute atomic E-state index is 0.0658. The summed E-state index contributed by atoms with van der Waals surface area (Å²) in [7, 11) is 0. The van der Waals surface area contributed by atoms with Crippen LogP contribution in [0, 0.1) is 0 Å². The number of amides is 1. The molecule has 1 amide bonds. The molecule has 0 aliphatic carbocycles. The van der Waals surface area contributed by atoms with Gasteiger partial charge in [0.05, 0.1) is 12.6 Å². The maximum atomic E-state index is 11.2. The van der Waals surface area contributed by atoms with E-state index in [0.29, 0.717) is 0 Å². The van der Waals surface area contributed by atoms with Crippen LogP contribution in [0.3, 0.4) is 0 Å². The molecule has 0 aromatic carbocycles. The quantitative estimate of drug-likeness (QED) is 0.775. The zero-order valence-corrected chi connectivity index (χ0v) is 7.66. The summed E-state index contributed by atoms with van der Waals surface area (Å²) in [6, 6.07) is 3.46. The maximum Gasteiger partial charge on any atom is 0.415 e. The van der Waals surface area contributed by atoms with Crippen molar-refractivity contribution in [3.05, 3.63) is 17.5 Å². The highest BCUT2D eigenvalue weighted by Gasteiger charge is 2.34. The lowest BCUT2D eigenvalue weighted by Crippen LogP contribution is -2.35. The van der Waals surface area contributed by atoms with Crippen molar-refractivity contribution < 1.29 is 14.6 Å². The van der Waals surface area contributed by atoms with E-state index in [-0.39, 0.29) is 25.3 Å². The average Bonchev–Trinajstić information content (AvgIpc) is 2.72. The average molecular weight is 199 g/mol. The molecule has 1 fully saturated rings. The number of aliphatic hydroxyl groups excluding tert-OH is 1. The Balaban J connectivity index is 2.25. The van der Waals surface area contributed by atoms with Crippen molar-refractivity contribution in [2.24, 2.45) is 0 Å². The summed E-state index contributed by atoms with van der Waals surface area (Å²) in [5.74, 6) is 0. The van der Waals surface area contributed by atoms with Crippen molar-refractivity contribution in [2.75, 3.05) is 18.1 Å². The van der Waals surface area contributed by atoms with Crippen LogP contribution in [0.25, 0.3) is 0 Å². The van der Waals surface area contributed by atoms with E-state index in [1.807, 2.05) is 17.5 Å². The van der Waals surface area contributed by atoms with Gasteiger partial charge < -0.3 is 9.84 Å². The SMILES string of the molecule is O=C1OCC(CO)N1c1cccs1. The zero-order valence-electron chi connectivity index (χ0n) is 6.84. The van der Waals surface area contributed by atoms with Gasteiger partial charge in [-0.05, 0) is 17.5 Å². The van der Waals surface area contributed by atoms with E-state index >= 15 is 0 Å². The molecule has 1 aromatic heterocycles. The van der Waals surface area contributed by atoms with Crippen molar-refractivity contribution in [1.82, 2.24) is 0 Å². The van der Waals surface area contributed by atoms with Crippen molar-refractivity contribution >= 4 is 22.4 Å². The first-order chi connectivity index (χ1) is 6.33. The fourth-order valence-corrected chi connectivity index (χ4v) is 2.06. The van der Waals surface area contributed by atoms with Gasteiger partial charge in [-0.2, -0.15) is 0 Å². The second kappa shape index (κ2) is 3.35. The van der Waals surface area contributed by atoms with E-state index in [2.05, 4.69) is 0 Å². The highest BCUT2D eigenvalue weighted by molar-refractivity contribution is 7.14. The number of nitrogens with zero attached hydrogens (tertiary/aromatic N) is 1. The van der Waals surface area contributed by atoms with Crippen LogP contribution in [0.5, 0.6) is 0 Å². The van der Waals surface area contributed by atoms with Crippen LogP contribution >= 0.6 is 11.3 Å². The molecule has 1 N–H and O–H groups in total. The van der Waals surface area contributed by atoms with Crippen molar-refractivity contribution in [3.63, 3.8) is 0 Å². The lowest BCUT2D eigenvalue weighted by molar-refractivity contribution is 0.174. The molecule has 2 rings (SSSR count). The van der Waals surface area contributed by atoms with Gasteiger partial charge in [0.2, 0.25) is 0 Å². The number of anilines is 1. The van der Waals surface area contributed by atoms with Crippen LogP contribution in [0.4, 0.5) is 9.80 Å². The van der Waals surface area contributed by atoms with Crippen molar-refractivity contribution in [1.29, 1.82) is 0 Å². The molecule has 0 radical (unpaired) electrons. The van der Waals surface area contributed by atoms with Crippen LogP contribution in [0.2, 0.25) is 0 Å². The van der Waals surface area contributed by atoms with E-state index in [1.165, 1.54) is 16.2 Å². The Kier molecular flexibility index (Phi) is 2.20. The molecular formula is C8H9NO3S. The van der Waals surface area contributed by atoms with Gasteiger partial charge in [0, 0.05) is 0 Å². The first-order valence-corrected chi connectivity index (χ1v) is 4.81. The molecule has 13 heavy (non-hydrogen) atoms. The lowest BCUT2D eigenvalue weighted by Gasteiger charge is -2.16. The third-order valence-corrected chi connectivity index (χ3v) is 2.78. The van der Waals surface area contributed by atoms with Gasteiger partial charge in [-0.25, -0.2) is 4.79 Å². The second-order valence-electron chi connectivity index (χ2n) is 2.73. The number of cyclic esters (lactones) is 1. The van der Waals surface area contributed by atoms with E-state index in [9.17, 15) is 4.79 Å². The number of carbonyl (C=O) groups is 1. The Bertz CT molecular complexity index is 298. The smallest absolute Gasteiger partial charge is 0.415 e. The van der Waals surface area contributed by atoms with Gasteiger partial charge in [-0.15, -0.1) is 11.3 Å². The molecule has 1 aliphatic rings. The number of hydrogen-bond donors (Lipinski definition) is 1. The normalized spacial score (nSPS) is 22.1. The molecule has 2 heterocycles. The summed E-state index contributed by atoms with van der Waals surface area (Å²) in [4.78, 5) is 12.7. The highest BCUT2D eigenvalue weighted by atomic mass is 32.1. The monoisotopic (exact) mass is 199 g/mol. The van der Waals surface area contributed by atoms with Crippen LogP contribution in [0.1, 0.15) is 0 Å². The molecular weight excluding hydrogens is 190 g/mol. The summed E-state index contributed by atoms with van der Waals surface area (Å²) in [6.07, 6.45) is -0.374. The molecule has 5 heteroatoms. The Morgan fingerprint density at radius 2 is 2.62 bits per heavy atom. The highest BCUT2D eigenvalue weighted by Crippen LogP contribution is 2.27. The van der Waals surface area contributed by atoms with Crippen molar-refractivity contribution in [2.45, 2.75) is 6.04 Å². The molecule has 4 nitrogen and oxygen atoms in total. The van der Waals surface area contributed by atoms with Gasteiger partial charge in [0.1, 0.15) is 11.6 Å². The first kappa shape index (κ1) is 8.52. The fourth-order valence-electron chi connectivity index (χ4n) is 1.27. The third kappa shape index (κ3) is 1.40. The zero-order chi connectivity index (χ0) is 9.26. The van der Waals surface area contributed by atoms with Crippen molar-refractivity contribution in [3.8, 4) is 0 Å². The summed E-state index contributed by atoms with van der Waals surface area (Å²) in [5, 5.41) is 11.7. The standard InChI is InChI=1S/C8H9NO3S/c10-4-6-5-12-8(11)9(6)7-2-1-3-13-7/h1-3,6,10H,4-5H2. The first-order valence-electron chi connectivity index (χ1n) is 3.93. The Labute approximate surface area is 79.4 Å². The van der Waals surface area contributed by atoms with E-state index in [1.54, 1.807) is 0 Å². The number of carbonyl (C=O) groups excluding carboxylic acids is 1. The van der Waals surface area contributed by atoms with E-state index in [4.69, 9.17) is 9.84 Å². The van der Waals surface area contributed by atoms with Crippen LogP contribution in [-0.2, 0) is 4.74 Å². The van der Waals surface area contributed by atoms with Crippen LogP contribution in [-0.4, -0.2) is 30.5 Å². The molecule has 0 saturated carbocycles. The minimum Gasteiger partial charge on any atom is -0.447 e. The predicted molar refractivity (Wildman–Crippen MR) is 49.0 cm³/mol. The third-order valence-electron chi connectivity index (χ3n) is 1.92. The number of ether oxygens (including phenoxy) is 1. The Morgan fingerprint density at radius 3 is 3.23 bits per heavy atom. The summed E-state index contributed by atoms with van der Waals surface area (Å²) in [5.41, 5.74) is 0. The number of aliphatic hydroxyl groups is 1. The van der Waals surface area contributed by atoms with Gasteiger partial charge >= 0.3 is 6.09 Å². The maximum absolute atomic E-state index is 11.2. The summed E-state index contributed by atoms with van der Waals surface area (Å²) >= 11 is 1.46. The van der Waals surface area contributed by atoms with Gasteiger partial charge in [0.15, 0.2) is 0 Å². The number of hydrogen-bond acceptors (Lipinski definition) is 4. The van der Waals surface area contributed by atoms with Crippen LogP contribution < -0.4 is 4.90 Å². The fraction of sp³-hybridized carbons (Fsp3) is 0.375. The topological polar surface area (TPSA) is 49.8 Å². The largest absolute Gasteiger partial charge is 0.447 e. The van der Waals surface area contributed by atoms with Crippen LogP contribution in [0.15, 0.2) is 17.5 Å². The molecule has 70 valence electrons. The Hall–Kier alpha value is -1.07. The number of thiophene rings is 1. The van der Waals surface area contributed by atoms with Gasteiger partial charge in [0.25, 0.3) is 0 Å². The predicted octanol–water partition coefficient (Wildman–Crippen LogP) is 1.07. The van der Waals surface area contributed by atoms with E-state index < -0.39 is 0 Å². The van der Waals surface area contributed by atoms with Gasteiger partial charge in [-0.3, -0.25) is 4.90 Å². The molecule has 1 saturated heterocycles. The lowest BCUT2D eigenvalue weighted by atomic mass is 10.3. The minimum atomic E-state index is -0.374. The number of rotatable bonds is 2. The molecule has 1 aromatic rings. The molecule has 0 spiro atoms. The van der Waals surface area contributed by atoms with E-state index in [0.717, 1.165) is 5.00 Å². The molecule has 1 aliphatic heterocycles.